The zero-order valence-electron chi connectivity index (χ0n) is 19.5. The van der Waals surface area contributed by atoms with Crippen LogP contribution < -0.4 is 5.32 Å². The number of hydrogen-bond acceptors (Lipinski definition) is 4. The molecule has 0 saturated carbocycles. The molecule has 2 aromatic carbocycles. The van der Waals surface area contributed by atoms with Gasteiger partial charge in [-0.3, -0.25) is 19.5 Å². The third kappa shape index (κ3) is 5.40. The number of nitrogens with one attached hydrogen (secondary N) is 1. The van der Waals surface area contributed by atoms with Crippen LogP contribution in [0.25, 0.3) is 0 Å². The lowest BCUT2D eigenvalue weighted by atomic mass is 9.75. The van der Waals surface area contributed by atoms with Crippen LogP contribution in [0.15, 0.2) is 70.9 Å². The molecule has 2 heterocycles. The maximum absolute atomic E-state index is 13.5. The quantitative estimate of drug-likeness (QED) is 0.631. The van der Waals surface area contributed by atoms with Gasteiger partial charge >= 0.3 is 5.97 Å². The number of hydrogen-bond donors (Lipinski definition) is 2. The Hall–Kier alpha value is -2.96. The predicted molar refractivity (Wildman–Crippen MR) is 134 cm³/mol. The third-order valence-electron chi connectivity index (χ3n) is 6.72. The van der Waals surface area contributed by atoms with E-state index in [-0.39, 0.29) is 11.9 Å². The number of piperidine rings is 1. The second-order valence-corrected chi connectivity index (χ2v) is 9.55. The summed E-state index contributed by atoms with van der Waals surface area (Å²) in [5.74, 6) is -2.81. The monoisotopic (exact) mass is 479 g/mol. The van der Waals surface area contributed by atoms with Gasteiger partial charge in [-0.25, -0.2) is 0 Å². The molecule has 0 radical (unpaired) electrons. The summed E-state index contributed by atoms with van der Waals surface area (Å²) >= 11 is 6.22. The molecule has 1 saturated heterocycles. The molecular formula is C27H30ClN3O3. The summed E-state index contributed by atoms with van der Waals surface area (Å²) in [5, 5.41) is 13.7. The molecule has 34 heavy (non-hydrogen) atoms. The van der Waals surface area contributed by atoms with Gasteiger partial charge in [0.25, 0.3) is 0 Å². The highest BCUT2D eigenvalue weighted by atomic mass is 35.5. The van der Waals surface area contributed by atoms with Crippen molar-refractivity contribution in [2.24, 2.45) is 10.9 Å². The summed E-state index contributed by atoms with van der Waals surface area (Å²) in [6, 6.07) is 17.5. The Morgan fingerprint density at radius 2 is 1.79 bits per heavy atom. The Balaban J connectivity index is 1.50. The maximum Gasteiger partial charge on any atom is 0.313 e. The molecule has 2 aliphatic rings. The van der Waals surface area contributed by atoms with Gasteiger partial charge < -0.3 is 10.4 Å². The van der Waals surface area contributed by atoms with E-state index in [4.69, 9.17) is 11.6 Å². The Morgan fingerprint density at radius 1 is 1.09 bits per heavy atom. The molecule has 2 aliphatic heterocycles. The number of carboxylic acids is 1. The van der Waals surface area contributed by atoms with Crippen LogP contribution in [0.5, 0.6) is 0 Å². The number of rotatable bonds is 6. The van der Waals surface area contributed by atoms with Gasteiger partial charge in [0.1, 0.15) is 5.92 Å². The van der Waals surface area contributed by atoms with E-state index in [0.29, 0.717) is 27.6 Å². The topological polar surface area (TPSA) is 82.0 Å². The lowest BCUT2D eigenvalue weighted by molar-refractivity contribution is -0.139. The Labute approximate surface area is 205 Å². The summed E-state index contributed by atoms with van der Waals surface area (Å²) in [4.78, 5) is 32.6. The van der Waals surface area contributed by atoms with Crippen molar-refractivity contribution in [1.29, 1.82) is 0 Å². The van der Waals surface area contributed by atoms with Crippen molar-refractivity contribution in [3.05, 3.63) is 82.0 Å². The number of halogens is 1. The van der Waals surface area contributed by atoms with E-state index in [0.717, 1.165) is 32.5 Å². The number of allylic oxidation sites excluding steroid dienone is 1. The van der Waals surface area contributed by atoms with Crippen LogP contribution in [0.1, 0.15) is 43.7 Å². The Morgan fingerprint density at radius 3 is 2.44 bits per heavy atom. The zero-order valence-corrected chi connectivity index (χ0v) is 20.3. The number of nitrogens with zero attached hydrogens (tertiary/aromatic N) is 2. The van der Waals surface area contributed by atoms with Crippen molar-refractivity contribution in [1.82, 2.24) is 10.2 Å². The van der Waals surface area contributed by atoms with E-state index in [9.17, 15) is 14.7 Å². The van der Waals surface area contributed by atoms with Crippen LogP contribution in [-0.2, 0) is 16.1 Å². The molecule has 2 unspecified atom stereocenters. The summed E-state index contributed by atoms with van der Waals surface area (Å²) in [6.45, 7) is 6.17. The minimum atomic E-state index is -1.00. The zero-order chi connectivity index (χ0) is 24.2. The van der Waals surface area contributed by atoms with Crippen molar-refractivity contribution in [3.63, 3.8) is 0 Å². The normalized spacial score (nSPS) is 21.8. The van der Waals surface area contributed by atoms with Gasteiger partial charge in [0, 0.05) is 53.6 Å². The summed E-state index contributed by atoms with van der Waals surface area (Å²) < 4.78 is 0. The van der Waals surface area contributed by atoms with Gasteiger partial charge in [-0.2, -0.15) is 0 Å². The van der Waals surface area contributed by atoms with Crippen molar-refractivity contribution in [3.8, 4) is 0 Å². The number of amides is 1. The lowest BCUT2D eigenvalue weighted by Crippen LogP contribution is -2.46. The van der Waals surface area contributed by atoms with Gasteiger partial charge in [0.05, 0.1) is 0 Å². The Bertz CT molecular complexity index is 1120. The first kappa shape index (κ1) is 24.2. The maximum atomic E-state index is 13.5. The van der Waals surface area contributed by atoms with Crippen LogP contribution in [0, 0.1) is 5.92 Å². The minimum absolute atomic E-state index is 0.0371. The molecule has 2 atom stereocenters. The number of benzene rings is 2. The minimum Gasteiger partial charge on any atom is -0.481 e. The molecule has 0 aliphatic carbocycles. The molecule has 1 amide bonds. The van der Waals surface area contributed by atoms with Crippen LogP contribution in [0.3, 0.4) is 0 Å². The molecular weight excluding hydrogens is 450 g/mol. The van der Waals surface area contributed by atoms with Crippen molar-refractivity contribution in [2.45, 2.75) is 45.2 Å². The van der Waals surface area contributed by atoms with Crippen molar-refractivity contribution in [2.75, 3.05) is 13.1 Å². The molecule has 1 fully saturated rings. The fraction of sp³-hybridized carbons (Fsp3) is 0.370. The highest BCUT2D eigenvalue weighted by Gasteiger charge is 2.41. The van der Waals surface area contributed by atoms with Gasteiger partial charge in [-0.05, 0) is 49.9 Å². The molecule has 2 N–H and O–H groups in total. The fourth-order valence-corrected chi connectivity index (χ4v) is 5.25. The number of aliphatic carboxylic acids is 1. The van der Waals surface area contributed by atoms with Gasteiger partial charge in [0.2, 0.25) is 5.91 Å². The smallest absolute Gasteiger partial charge is 0.313 e. The van der Waals surface area contributed by atoms with E-state index < -0.39 is 17.8 Å². The predicted octanol–water partition coefficient (Wildman–Crippen LogP) is 4.65. The number of likely N-dealkylation sites (tertiary alicyclic amines) is 1. The highest BCUT2D eigenvalue weighted by molar-refractivity contribution is 6.30. The number of carboxylic acid groups (broad SMARTS) is 1. The fourth-order valence-electron chi connectivity index (χ4n) is 5.05. The van der Waals surface area contributed by atoms with Crippen LogP contribution in [0.4, 0.5) is 0 Å². The largest absolute Gasteiger partial charge is 0.481 e. The van der Waals surface area contributed by atoms with E-state index in [1.54, 1.807) is 32.0 Å². The molecule has 4 rings (SSSR count). The molecule has 7 heteroatoms. The molecule has 6 nitrogen and oxygen atoms in total. The average molecular weight is 480 g/mol. The second kappa shape index (κ2) is 10.5. The number of carbonyl (C=O) groups is 2. The molecule has 2 aromatic rings. The number of carbonyl (C=O) groups excluding carboxylic acids is 1. The van der Waals surface area contributed by atoms with Gasteiger partial charge in [-0.1, -0.05) is 54.1 Å². The lowest BCUT2D eigenvalue weighted by Gasteiger charge is -2.35. The molecule has 0 spiro atoms. The highest BCUT2D eigenvalue weighted by Crippen LogP contribution is 2.40. The molecule has 178 valence electrons. The average Bonchev–Trinajstić information content (AvgIpc) is 2.80. The van der Waals surface area contributed by atoms with E-state index in [1.807, 2.05) is 24.3 Å². The Kier molecular flexibility index (Phi) is 7.49. The van der Waals surface area contributed by atoms with Crippen LogP contribution >= 0.6 is 11.6 Å². The number of aliphatic imine (C=N–C) groups is 1. The SMILES string of the molecule is CC1=NC(C)=C(C(=O)NC2CCN(Cc3ccccc3)CC2)C(c2cccc(Cl)c2)C1C(=O)O. The van der Waals surface area contributed by atoms with Crippen LogP contribution in [0.2, 0.25) is 5.02 Å². The molecule has 0 aromatic heterocycles. The molecule has 0 bridgehead atoms. The van der Waals surface area contributed by atoms with E-state index >= 15 is 0 Å². The second-order valence-electron chi connectivity index (χ2n) is 9.11. The standard InChI is InChI=1S/C27H30ClN3O3/c1-17-23(25(20-9-6-10-21(28)15-20)24(27(33)34)18(2)29-17)26(32)30-22-11-13-31(14-12-22)16-19-7-4-3-5-8-19/h3-10,15,22,24-25H,11-14,16H2,1-2H3,(H,30,32)(H,33,34). The van der Waals surface area contributed by atoms with Crippen LogP contribution in [-0.4, -0.2) is 46.7 Å². The van der Waals surface area contributed by atoms with E-state index in [2.05, 4.69) is 27.3 Å². The first-order chi connectivity index (χ1) is 16.3. The third-order valence-corrected chi connectivity index (χ3v) is 6.95. The van der Waals surface area contributed by atoms with Crippen molar-refractivity contribution < 1.29 is 14.7 Å². The first-order valence-corrected chi connectivity index (χ1v) is 12.0. The van der Waals surface area contributed by atoms with Gasteiger partial charge in [0.15, 0.2) is 0 Å². The summed E-state index contributed by atoms with van der Waals surface area (Å²) in [5.41, 5.74) is 3.44. The first-order valence-electron chi connectivity index (χ1n) is 11.6. The van der Waals surface area contributed by atoms with E-state index in [1.165, 1.54) is 5.56 Å². The summed E-state index contributed by atoms with van der Waals surface area (Å²) in [7, 11) is 0. The van der Waals surface area contributed by atoms with Gasteiger partial charge in [-0.15, -0.1) is 0 Å². The van der Waals surface area contributed by atoms with Crippen molar-refractivity contribution >= 4 is 29.2 Å². The summed E-state index contributed by atoms with van der Waals surface area (Å²) in [6.07, 6.45) is 1.69.